The summed E-state index contributed by atoms with van der Waals surface area (Å²) in [6.45, 7) is 6.93. The fraction of sp³-hybridized carbons (Fsp3) is 0.500. The SMILES string of the molecule is CC(C)(C)CC(CN)c1nc2cc(F)ccc2o1. The number of aromatic nitrogens is 1. The first kappa shape index (κ1) is 13.0. The third kappa shape index (κ3) is 2.88. The Bertz CT molecular complexity index is 542. The number of fused-ring (bicyclic) bond motifs is 1. The lowest BCUT2D eigenvalue weighted by Gasteiger charge is -2.22. The summed E-state index contributed by atoms with van der Waals surface area (Å²) in [6.07, 6.45) is 0.888. The van der Waals surface area contributed by atoms with E-state index < -0.39 is 0 Å². The predicted molar refractivity (Wildman–Crippen MR) is 69.8 cm³/mol. The van der Waals surface area contributed by atoms with Crippen LogP contribution in [-0.2, 0) is 0 Å². The largest absolute Gasteiger partial charge is 0.440 e. The quantitative estimate of drug-likeness (QED) is 0.907. The van der Waals surface area contributed by atoms with E-state index in [1.807, 2.05) is 0 Å². The van der Waals surface area contributed by atoms with Crippen LogP contribution < -0.4 is 5.73 Å². The van der Waals surface area contributed by atoms with Crippen LogP contribution in [0.2, 0.25) is 0 Å². The van der Waals surface area contributed by atoms with Gasteiger partial charge < -0.3 is 10.2 Å². The molecule has 1 unspecified atom stereocenters. The molecule has 0 aliphatic rings. The highest BCUT2D eigenvalue weighted by atomic mass is 19.1. The molecule has 2 rings (SSSR count). The lowest BCUT2D eigenvalue weighted by Crippen LogP contribution is -2.19. The number of nitrogens with two attached hydrogens (primary N) is 1. The molecular formula is C14H19FN2O. The maximum Gasteiger partial charge on any atom is 0.199 e. The first-order valence-electron chi connectivity index (χ1n) is 6.15. The molecule has 98 valence electrons. The number of halogens is 1. The molecule has 3 nitrogen and oxygen atoms in total. The predicted octanol–water partition coefficient (Wildman–Crippen LogP) is 3.45. The van der Waals surface area contributed by atoms with Gasteiger partial charge in [0.1, 0.15) is 11.3 Å². The van der Waals surface area contributed by atoms with Crippen molar-refractivity contribution in [3.8, 4) is 0 Å². The first-order chi connectivity index (χ1) is 8.39. The van der Waals surface area contributed by atoms with Crippen LogP contribution in [0.4, 0.5) is 4.39 Å². The van der Waals surface area contributed by atoms with Crippen LogP contribution in [0.5, 0.6) is 0 Å². The summed E-state index contributed by atoms with van der Waals surface area (Å²) in [6, 6.07) is 4.36. The molecule has 1 heterocycles. The normalized spacial score (nSPS) is 14.1. The summed E-state index contributed by atoms with van der Waals surface area (Å²) in [5.74, 6) is 0.371. The van der Waals surface area contributed by atoms with Crippen LogP contribution >= 0.6 is 0 Å². The Morgan fingerprint density at radius 3 is 2.72 bits per heavy atom. The van der Waals surface area contributed by atoms with Gasteiger partial charge in [0.15, 0.2) is 11.5 Å². The highest BCUT2D eigenvalue weighted by molar-refractivity contribution is 5.72. The van der Waals surface area contributed by atoms with E-state index >= 15 is 0 Å². The summed E-state index contributed by atoms with van der Waals surface area (Å²) in [7, 11) is 0. The fourth-order valence-corrected chi connectivity index (χ4v) is 2.10. The van der Waals surface area contributed by atoms with Gasteiger partial charge in [-0.15, -0.1) is 0 Å². The molecule has 18 heavy (non-hydrogen) atoms. The Labute approximate surface area is 106 Å². The topological polar surface area (TPSA) is 52.0 Å². The van der Waals surface area contributed by atoms with Crippen molar-refractivity contribution in [2.75, 3.05) is 6.54 Å². The smallest absolute Gasteiger partial charge is 0.199 e. The highest BCUT2D eigenvalue weighted by Crippen LogP contribution is 2.31. The molecule has 0 saturated carbocycles. The molecule has 0 spiro atoms. The van der Waals surface area contributed by atoms with Gasteiger partial charge in [0.25, 0.3) is 0 Å². The van der Waals surface area contributed by atoms with E-state index in [4.69, 9.17) is 10.2 Å². The summed E-state index contributed by atoms with van der Waals surface area (Å²) in [5, 5.41) is 0. The van der Waals surface area contributed by atoms with E-state index in [2.05, 4.69) is 25.8 Å². The second kappa shape index (κ2) is 4.69. The maximum absolute atomic E-state index is 13.1. The van der Waals surface area contributed by atoms with Crippen molar-refractivity contribution in [3.05, 3.63) is 29.9 Å². The van der Waals surface area contributed by atoms with Gasteiger partial charge in [0.05, 0.1) is 0 Å². The zero-order valence-corrected chi connectivity index (χ0v) is 11.0. The number of rotatable bonds is 3. The van der Waals surface area contributed by atoms with Crippen LogP contribution in [0.25, 0.3) is 11.1 Å². The Balaban J connectivity index is 2.34. The summed E-state index contributed by atoms with van der Waals surface area (Å²) < 4.78 is 18.8. The van der Waals surface area contributed by atoms with Gasteiger partial charge in [-0.1, -0.05) is 20.8 Å². The van der Waals surface area contributed by atoms with Crippen LogP contribution in [0, 0.1) is 11.2 Å². The molecule has 0 fully saturated rings. The molecule has 0 radical (unpaired) electrons. The zero-order chi connectivity index (χ0) is 13.3. The molecule has 1 aromatic heterocycles. The standard InChI is InChI=1S/C14H19FN2O/c1-14(2,3)7-9(8-16)13-17-11-6-10(15)4-5-12(11)18-13/h4-6,9H,7-8,16H2,1-3H3. The zero-order valence-electron chi connectivity index (χ0n) is 11.0. The first-order valence-corrected chi connectivity index (χ1v) is 6.15. The molecule has 2 N–H and O–H groups in total. The summed E-state index contributed by atoms with van der Waals surface area (Å²) in [5.41, 5.74) is 7.10. The van der Waals surface area contributed by atoms with E-state index in [-0.39, 0.29) is 17.2 Å². The molecule has 4 heteroatoms. The molecule has 0 saturated heterocycles. The molecule has 0 amide bonds. The molecule has 1 atom stereocenters. The minimum absolute atomic E-state index is 0.0699. The third-order valence-corrected chi connectivity index (χ3v) is 2.86. The van der Waals surface area contributed by atoms with Crippen LogP contribution in [0.15, 0.2) is 22.6 Å². The van der Waals surface area contributed by atoms with Crippen LogP contribution in [0.1, 0.15) is 39.0 Å². The van der Waals surface area contributed by atoms with Crippen molar-refractivity contribution < 1.29 is 8.81 Å². The monoisotopic (exact) mass is 250 g/mol. The minimum Gasteiger partial charge on any atom is -0.440 e. The van der Waals surface area contributed by atoms with Crippen molar-refractivity contribution in [1.82, 2.24) is 4.98 Å². The second-order valence-corrected chi connectivity index (χ2v) is 5.86. The van der Waals surface area contributed by atoms with Crippen LogP contribution in [-0.4, -0.2) is 11.5 Å². The van der Waals surface area contributed by atoms with Crippen molar-refractivity contribution in [2.24, 2.45) is 11.1 Å². The van der Waals surface area contributed by atoms with Crippen molar-refractivity contribution >= 4 is 11.1 Å². The lowest BCUT2D eigenvalue weighted by molar-refractivity contribution is 0.314. The van der Waals surface area contributed by atoms with Crippen molar-refractivity contribution in [1.29, 1.82) is 0 Å². The third-order valence-electron chi connectivity index (χ3n) is 2.86. The van der Waals surface area contributed by atoms with E-state index in [9.17, 15) is 4.39 Å². The molecular weight excluding hydrogens is 231 g/mol. The Morgan fingerprint density at radius 1 is 1.39 bits per heavy atom. The second-order valence-electron chi connectivity index (χ2n) is 5.86. The number of nitrogens with zero attached hydrogens (tertiary/aromatic N) is 1. The molecule has 0 bridgehead atoms. The summed E-state index contributed by atoms with van der Waals surface area (Å²) in [4.78, 5) is 4.34. The van der Waals surface area contributed by atoms with Gasteiger partial charge in [-0.3, -0.25) is 0 Å². The Kier molecular flexibility index (Phi) is 3.39. The highest BCUT2D eigenvalue weighted by Gasteiger charge is 2.23. The van der Waals surface area contributed by atoms with Gasteiger partial charge in [0, 0.05) is 18.5 Å². The molecule has 1 aromatic carbocycles. The van der Waals surface area contributed by atoms with E-state index in [1.165, 1.54) is 12.1 Å². The average molecular weight is 250 g/mol. The van der Waals surface area contributed by atoms with Gasteiger partial charge >= 0.3 is 0 Å². The fourth-order valence-electron chi connectivity index (χ4n) is 2.10. The number of oxazole rings is 1. The van der Waals surface area contributed by atoms with Gasteiger partial charge in [-0.25, -0.2) is 9.37 Å². The minimum atomic E-state index is -0.303. The Morgan fingerprint density at radius 2 is 2.11 bits per heavy atom. The van der Waals surface area contributed by atoms with Crippen LogP contribution in [0.3, 0.4) is 0 Å². The summed E-state index contributed by atoms with van der Waals surface area (Å²) >= 11 is 0. The molecule has 2 aromatic rings. The lowest BCUT2D eigenvalue weighted by atomic mass is 9.84. The molecule has 0 aliphatic carbocycles. The number of hydrogen-bond donors (Lipinski definition) is 1. The van der Waals surface area contributed by atoms with E-state index in [1.54, 1.807) is 6.07 Å². The van der Waals surface area contributed by atoms with Gasteiger partial charge in [-0.2, -0.15) is 0 Å². The maximum atomic E-state index is 13.1. The van der Waals surface area contributed by atoms with Crippen molar-refractivity contribution in [2.45, 2.75) is 33.1 Å². The average Bonchev–Trinajstić information content (AvgIpc) is 2.67. The van der Waals surface area contributed by atoms with Gasteiger partial charge in [-0.05, 0) is 24.0 Å². The van der Waals surface area contributed by atoms with E-state index in [0.29, 0.717) is 23.5 Å². The number of hydrogen-bond acceptors (Lipinski definition) is 3. The Hall–Kier alpha value is -1.42. The van der Waals surface area contributed by atoms with Crippen molar-refractivity contribution in [3.63, 3.8) is 0 Å². The number of benzene rings is 1. The van der Waals surface area contributed by atoms with Gasteiger partial charge in [0.2, 0.25) is 0 Å². The van der Waals surface area contributed by atoms with E-state index in [0.717, 1.165) is 6.42 Å². The molecule has 0 aliphatic heterocycles.